The van der Waals surface area contributed by atoms with E-state index in [2.05, 4.69) is 21.8 Å². The number of amides is 1. The summed E-state index contributed by atoms with van der Waals surface area (Å²) in [5, 5.41) is 12.7. The van der Waals surface area contributed by atoms with Crippen molar-refractivity contribution in [3.63, 3.8) is 0 Å². The fourth-order valence-electron chi connectivity index (χ4n) is 7.21. The van der Waals surface area contributed by atoms with E-state index in [1.807, 2.05) is 56.0 Å². The number of rotatable bonds is 5. The average molecular weight is 614 g/mol. The number of likely N-dealkylation sites (N-methyl/N-ethyl adjacent to an activating group) is 1. The van der Waals surface area contributed by atoms with Crippen LogP contribution >= 0.6 is 0 Å². The molecule has 0 spiro atoms. The maximum Gasteiger partial charge on any atom is 0.410 e. The van der Waals surface area contributed by atoms with E-state index in [0.29, 0.717) is 42.0 Å². The second-order valence-electron chi connectivity index (χ2n) is 13.6. The van der Waals surface area contributed by atoms with Crippen molar-refractivity contribution in [2.45, 2.75) is 70.2 Å². The fraction of sp³-hybridized carbons (Fsp3) is 0.457. The number of nitrogens with zero attached hydrogens (tertiary/aromatic N) is 5. The number of aromatic nitrogens is 2. The summed E-state index contributed by atoms with van der Waals surface area (Å²) in [6.07, 6.45) is 3.57. The summed E-state index contributed by atoms with van der Waals surface area (Å²) < 4.78 is 28.6. The third-order valence-electron chi connectivity index (χ3n) is 9.37. The number of aromatic hydroxyl groups is 1. The van der Waals surface area contributed by atoms with E-state index in [1.54, 1.807) is 18.2 Å². The van der Waals surface area contributed by atoms with Gasteiger partial charge >= 0.3 is 12.1 Å². The Hall–Kier alpha value is -4.18. The van der Waals surface area contributed by atoms with Crippen LogP contribution in [0.4, 0.5) is 15.0 Å². The van der Waals surface area contributed by atoms with Crippen LogP contribution in [0.5, 0.6) is 11.8 Å². The minimum absolute atomic E-state index is 0.0390. The molecule has 7 rings (SSSR count). The van der Waals surface area contributed by atoms with Crippen molar-refractivity contribution < 1.29 is 23.8 Å². The molecule has 10 heteroatoms. The van der Waals surface area contributed by atoms with Gasteiger partial charge in [-0.2, -0.15) is 9.97 Å². The Kier molecular flexibility index (Phi) is 7.43. The van der Waals surface area contributed by atoms with Crippen LogP contribution < -0.4 is 9.64 Å². The second kappa shape index (κ2) is 11.3. The maximum absolute atomic E-state index is 16.7. The number of likely N-dealkylation sites (tertiary alicyclic amines) is 1. The number of hydrogen-bond donors (Lipinski definition) is 1. The summed E-state index contributed by atoms with van der Waals surface area (Å²) in [6.45, 7) is 8.16. The van der Waals surface area contributed by atoms with E-state index in [9.17, 15) is 9.90 Å². The standard InChI is InChI=1S/C35H40FN5O4/c1-35(2,3)45-34(43)41-22-11-12-23(41)19-40(18-22)32-28-14-13-27(29-17-25(42)16-21-8-5-6-10-26(21)29)30(36)31(28)37-33(38-32)44-20-24-9-7-15-39(24)4/h5-6,8,10,13-14,16-17,22-24,42H,7,9,11-12,15,18-20H2,1-4H3/t22-,23-,24-/m0/s1. The first kappa shape index (κ1) is 29.5. The molecular weight excluding hydrogens is 573 g/mol. The van der Waals surface area contributed by atoms with E-state index >= 15 is 4.39 Å². The predicted molar refractivity (Wildman–Crippen MR) is 172 cm³/mol. The SMILES string of the molecule is CN1CCC[C@H]1COc1nc(N2C[C@@H]3CC[C@@H](C2)N3C(=O)OC(C)(C)C)c2ccc(-c3cc(O)cc4ccccc34)c(F)c2n1. The normalized spacial score (nSPS) is 22.0. The molecule has 0 unspecified atom stereocenters. The van der Waals surface area contributed by atoms with Gasteiger partial charge in [0, 0.05) is 30.1 Å². The zero-order chi connectivity index (χ0) is 31.5. The van der Waals surface area contributed by atoms with E-state index in [-0.39, 0.29) is 41.5 Å². The quantitative estimate of drug-likeness (QED) is 0.278. The van der Waals surface area contributed by atoms with Crippen molar-refractivity contribution >= 4 is 33.6 Å². The van der Waals surface area contributed by atoms with Gasteiger partial charge in [-0.25, -0.2) is 9.18 Å². The summed E-state index contributed by atoms with van der Waals surface area (Å²) in [4.78, 5) is 28.9. The number of hydrogen-bond acceptors (Lipinski definition) is 8. The van der Waals surface area contributed by atoms with Crippen LogP contribution in [0.15, 0.2) is 48.5 Å². The van der Waals surface area contributed by atoms with Crippen molar-refractivity contribution in [2.75, 3.05) is 38.2 Å². The zero-order valence-corrected chi connectivity index (χ0v) is 26.3. The molecule has 4 aromatic rings. The molecule has 0 aliphatic carbocycles. The van der Waals surface area contributed by atoms with Gasteiger partial charge in [-0.05, 0) is 94.6 Å². The predicted octanol–water partition coefficient (Wildman–Crippen LogP) is 6.36. The Morgan fingerprint density at radius 1 is 1.00 bits per heavy atom. The molecule has 3 aromatic carbocycles. The molecule has 3 saturated heterocycles. The minimum atomic E-state index is -0.577. The topological polar surface area (TPSA) is 91.3 Å². The van der Waals surface area contributed by atoms with Crippen LogP contribution in [-0.4, -0.2) is 88.0 Å². The van der Waals surface area contributed by atoms with Gasteiger partial charge in [-0.1, -0.05) is 30.3 Å². The molecule has 45 heavy (non-hydrogen) atoms. The fourth-order valence-corrected chi connectivity index (χ4v) is 7.21. The number of carbonyl (C=O) groups excluding carboxylic acids is 1. The molecule has 1 amide bonds. The number of anilines is 1. The van der Waals surface area contributed by atoms with Gasteiger partial charge in [0.1, 0.15) is 29.3 Å². The van der Waals surface area contributed by atoms with Crippen molar-refractivity contribution in [2.24, 2.45) is 0 Å². The average Bonchev–Trinajstić information content (AvgIpc) is 3.53. The number of ether oxygens (including phenoxy) is 2. The molecule has 9 nitrogen and oxygen atoms in total. The van der Waals surface area contributed by atoms with Crippen LogP contribution in [0.3, 0.4) is 0 Å². The van der Waals surface area contributed by atoms with Gasteiger partial charge in [-0.3, -0.25) is 4.90 Å². The number of piperazine rings is 1. The number of benzene rings is 3. The van der Waals surface area contributed by atoms with Crippen molar-refractivity contribution in [3.8, 4) is 22.9 Å². The molecule has 2 bridgehead atoms. The number of phenols is 1. The van der Waals surface area contributed by atoms with Crippen molar-refractivity contribution in [3.05, 3.63) is 54.3 Å². The summed E-state index contributed by atoms with van der Waals surface area (Å²) in [6, 6.07) is 14.8. The molecule has 1 N–H and O–H groups in total. The highest BCUT2D eigenvalue weighted by atomic mass is 19.1. The Labute approximate surface area is 262 Å². The second-order valence-corrected chi connectivity index (χ2v) is 13.6. The molecule has 3 atom stereocenters. The van der Waals surface area contributed by atoms with E-state index in [4.69, 9.17) is 14.5 Å². The number of carbonyl (C=O) groups is 1. The highest BCUT2D eigenvalue weighted by Crippen LogP contribution is 2.40. The van der Waals surface area contributed by atoms with Crippen LogP contribution in [0.2, 0.25) is 0 Å². The van der Waals surface area contributed by atoms with E-state index in [0.717, 1.165) is 43.0 Å². The van der Waals surface area contributed by atoms with Crippen LogP contribution in [0, 0.1) is 5.82 Å². The lowest BCUT2D eigenvalue weighted by Gasteiger charge is -2.42. The van der Waals surface area contributed by atoms with Gasteiger partial charge in [0.25, 0.3) is 0 Å². The van der Waals surface area contributed by atoms with Gasteiger partial charge in [0.05, 0.1) is 12.1 Å². The molecule has 1 aromatic heterocycles. The third kappa shape index (κ3) is 5.60. The first-order chi connectivity index (χ1) is 21.6. The third-order valence-corrected chi connectivity index (χ3v) is 9.37. The number of halogens is 1. The summed E-state index contributed by atoms with van der Waals surface area (Å²) in [5.74, 6) is 0.168. The van der Waals surface area contributed by atoms with Gasteiger partial charge < -0.3 is 24.4 Å². The molecule has 0 radical (unpaired) electrons. The van der Waals surface area contributed by atoms with E-state index in [1.165, 1.54) is 0 Å². The largest absolute Gasteiger partial charge is 0.508 e. The summed E-state index contributed by atoms with van der Waals surface area (Å²) in [5.41, 5.74) is 0.521. The van der Waals surface area contributed by atoms with E-state index < -0.39 is 11.4 Å². The molecule has 3 aliphatic heterocycles. The molecule has 3 aliphatic rings. The molecular formula is C35H40FN5O4. The molecule has 236 valence electrons. The molecule has 3 fully saturated rings. The minimum Gasteiger partial charge on any atom is -0.508 e. The first-order valence-corrected chi connectivity index (χ1v) is 15.9. The lowest BCUT2D eigenvalue weighted by molar-refractivity contribution is 0.0122. The zero-order valence-electron chi connectivity index (χ0n) is 26.3. The highest BCUT2D eigenvalue weighted by Gasteiger charge is 2.45. The first-order valence-electron chi connectivity index (χ1n) is 15.9. The molecule has 0 saturated carbocycles. The number of fused-ring (bicyclic) bond motifs is 4. The number of phenolic OH excluding ortho intramolecular Hbond substituents is 1. The Morgan fingerprint density at radius 2 is 1.76 bits per heavy atom. The van der Waals surface area contributed by atoms with Gasteiger partial charge in [0.2, 0.25) is 0 Å². The lowest BCUT2D eigenvalue weighted by Crippen LogP contribution is -2.57. The highest BCUT2D eigenvalue weighted by molar-refractivity contribution is 6.01. The Balaban J connectivity index is 1.29. The van der Waals surface area contributed by atoms with Gasteiger partial charge in [-0.15, -0.1) is 0 Å². The molecule has 4 heterocycles. The Bertz CT molecular complexity index is 1760. The van der Waals surface area contributed by atoms with Crippen LogP contribution in [0.25, 0.3) is 32.8 Å². The monoisotopic (exact) mass is 613 g/mol. The maximum atomic E-state index is 16.7. The van der Waals surface area contributed by atoms with Gasteiger partial charge in [0.15, 0.2) is 5.82 Å². The van der Waals surface area contributed by atoms with Crippen molar-refractivity contribution in [1.29, 1.82) is 0 Å². The summed E-state index contributed by atoms with van der Waals surface area (Å²) in [7, 11) is 2.08. The lowest BCUT2D eigenvalue weighted by atomic mass is 9.96. The smallest absolute Gasteiger partial charge is 0.410 e. The van der Waals surface area contributed by atoms with Crippen LogP contribution in [0.1, 0.15) is 46.5 Å². The van der Waals surface area contributed by atoms with Crippen molar-refractivity contribution in [1.82, 2.24) is 19.8 Å². The summed E-state index contributed by atoms with van der Waals surface area (Å²) >= 11 is 0. The van der Waals surface area contributed by atoms with Crippen LogP contribution in [-0.2, 0) is 4.74 Å². The Morgan fingerprint density at radius 3 is 2.47 bits per heavy atom.